The average molecular weight is 445 g/mol. The van der Waals surface area contributed by atoms with Crippen molar-refractivity contribution >= 4 is 51.1 Å². The summed E-state index contributed by atoms with van der Waals surface area (Å²) in [4.78, 5) is 36.9. The lowest BCUT2D eigenvalue weighted by Crippen LogP contribution is -2.38. The van der Waals surface area contributed by atoms with E-state index in [0.29, 0.717) is 35.9 Å². The molecule has 3 heterocycles. The van der Waals surface area contributed by atoms with E-state index in [1.807, 2.05) is 36.4 Å². The number of para-hydroxylation sites is 2. The number of nitrogens with one attached hydrogen (secondary N) is 2. The van der Waals surface area contributed by atoms with Gasteiger partial charge in [0.2, 0.25) is 0 Å². The number of pyridine rings is 1. The van der Waals surface area contributed by atoms with Gasteiger partial charge in [-0.25, -0.2) is 9.78 Å². The topological polar surface area (TPSA) is 113 Å². The summed E-state index contributed by atoms with van der Waals surface area (Å²) in [5.41, 5.74) is 8.56. The third kappa shape index (κ3) is 3.85. The third-order valence-corrected chi connectivity index (χ3v) is 6.43. The van der Waals surface area contributed by atoms with Crippen molar-refractivity contribution in [2.45, 2.75) is 13.0 Å². The van der Waals surface area contributed by atoms with Crippen LogP contribution in [-0.2, 0) is 13.0 Å². The summed E-state index contributed by atoms with van der Waals surface area (Å²) in [5.74, 6) is -0.303. The number of thiazole rings is 1. The van der Waals surface area contributed by atoms with Gasteiger partial charge in [0.1, 0.15) is 0 Å². The molecule has 0 fully saturated rings. The van der Waals surface area contributed by atoms with Crippen LogP contribution in [0.15, 0.2) is 60.9 Å². The zero-order valence-corrected chi connectivity index (χ0v) is 17.9. The largest absolute Gasteiger partial charge is 0.397 e. The van der Waals surface area contributed by atoms with Crippen molar-refractivity contribution < 1.29 is 9.59 Å². The van der Waals surface area contributed by atoms with Crippen LogP contribution in [0.3, 0.4) is 0 Å². The number of aromatic nitrogens is 2. The first kappa shape index (κ1) is 20.0. The Morgan fingerprint density at radius 1 is 1.03 bits per heavy atom. The molecule has 0 spiro atoms. The normalized spacial score (nSPS) is 12.9. The molecule has 0 saturated carbocycles. The van der Waals surface area contributed by atoms with E-state index < -0.39 is 0 Å². The number of carbonyl (C=O) groups is 2. The summed E-state index contributed by atoms with van der Waals surface area (Å²) < 4.78 is 0. The highest BCUT2D eigenvalue weighted by molar-refractivity contribution is 7.13. The Balaban J connectivity index is 1.29. The van der Waals surface area contributed by atoms with Gasteiger partial charge in [0, 0.05) is 41.0 Å². The van der Waals surface area contributed by atoms with Crippen LogP contribution >= 0.6 is 11.3 Å². The maximum absolute atomic E-state index is 12.9. The van der Waals surface area contributed by atoms with Gasteiger partial charge in [-0.05, 0) is 24.3 Å². The quantitative estimate of drug-likeness (QED) is 0.412. The number of benzene rings is 2. The molecule has 9 heteroatoms. The molecule has 0 aliphatic carbocycles. The number of carbonyl (C=O) groups excluding carboxylic acids is 2. The van der Waals surface area contributed by atoms with Crippen molar-refractivity contribution in [3.05, 3.63) is 76.5 Å². The maximum Gasteiger partial charge on any atom is 0.322 e. The van der Waals surface area contributed by atoms with Gasteiger partial charge in [0.25, 0.3) is 5.91 Å². The van der Waals surface area contributed by atoms with E-state index in [9.17, 15) is 9.59 Å². The standard InChI is InChI=1S/C23H20N6O2S/c24-16-5-1-2-6-18(16)26-21(30)22-27-19-9-11-29(13-20(19)32-22)23(31)28-17-7-3-4-14-12-25-10-8-15(14)17/h1-8,10,12H,9,11,13,24H2,(H,26,30)(H,28,31). The minimum Gasteiger partial charge on any atom is -0.397 e. The molecular formula is C23H20N6O2S. The number of rotatable bonds is 3. The van der Waals surface area contributed by atoms with E-state index in [1.165, 1.54) is 11.3 Å². The fourth-order valence-electron chi connectivity index (χ4n) is 3.68. The van der Waals surface area contributed by atoms with Crippen molar-refractivity contribution in [3.63, 3.8) is 0 Å². The van der Waals surface area contributed by atoms with Crippen molar-refractivity contribution in [2.75, 3.05) is 22.9 Å². The lowest BCUT2D eigenvalue weighted by Gasteiger charge is -2.26. The van der Waals surface area contributed by atoms with E-state index in [0.717, 1.165) is 27.0 Å². The summed E-state index contributed by atoms with van der Waals surface area (Å²) in [6.07, 6.45) is 4.07. The third-order valence-electron chi connectivity index (χ3n) is 5.34. The van der Waals surface area contributed by atoms with Crippen LogP contribution in [0.4, 0.5) is 21.9 Å². The second kappa shape index (κ2) is 8.27. The van der Waals surface area contributed by atoms with Gasteiger partial charge in [-0.2, -0.15) is 0 Å². The molecule has 32 heavy (non-hydrogen) atoms. The summed E-state index contributed by atoms with van der Waals surface area (Å²) in [7, 11) is 0. The van der Waals surface area contributed by atoms with Crippen molar-refractivity contribution in [2.24, 2.45) is 0 Å². The Morgan fingerprint density at radius 2 is 1.88 bits per heavy atom. The number of nitrogen functional groups attached to an aromatic ring is 1. The van der Waals surface area contributed by atoms with Crippen LogP contribution in [-0.4, -0.2) is 33.4 Å². The van der Waals surface area contributed by atoms with Gasteiger partial charge < -0.3 is 21.3 Å². The lowest BCUT2D eigenvalue weighted by atomic mass is 10.1. The number of nitrogens with two attached hydrogens (primary N) is 1. The van der Waals surface area contributed by atoms with E-state index in [1.54, 1.807) is 29.4 Å². The molecule has 4 aromatic rings. The highest BCUT2D eigenvalue weighted by Gasteiger charge is 2.26. The average Bonchev–Trinajstić information content (AvgIpc) is 3.24. The highest BCUT2D eigenvalue weighted by atomic mass is 32.1. The Kier molecular flexibility index (Phi) is 5.16. The molecule has 160 valence electrons. The van der Waals surface area contributed by atoms with Crippen LogP contribution < -0.4 is 16.4 Å². The van der Waals surface area contributed by atoms with Crippen LogP contribution in [0.2, 0.25) is 0 Å². The van der Waals surface area contributed by atoms with E-state index in [2.05, 4.69) is 20.6 Å². The monoisotopic (exact) mass is 444 g/mol. The van der Waals surface area contributed by atoms with Crippen molar-refractivity contribution in [1.29, 1.82) is 0 Å². The molecule has 4 N–H and O–H groups in total. The van der Waals surface area contributed by atoms with Gasteiger partial charge >= 0.3 is 6.03 Å². The molecule has 0 bridgehead atoms. The molecule has 3 amide bonds. The van der Waals surface area contributed by atoms with Gasteiger partial charge in [-0.15, -0.1) is 11.3 Å². The lowest BCUT2D eigenvalue weighted by molar-refractivity contribution is 0.102. The molecule has 0 atom stereocenters. The maximum atomic E-state index is 12.9. The summed E-state index contributed by atoms with van der Waals surface area (Å²) in [6, 6.07) is 14.5. The highest BCUT2D eigenvalue weighted by Crippen LogP contribution is 2.28. The number of urea groups is 1. The number of anilines is 3. The molecule has 0 unspecified atom stereocenters. The minimum absolute atomic E-state index is 0.184. The molecule has 5 rings (SSSR count). The SMILES string of the molecule is Nc1ccccc1NC(=O)c1nc2c(s1)CN(C(=O)Nc1cccc3cnccc13)CC2. The fourth-order valence-corrected chi connectivity index (χ4v) is 4.70. The predicted molar refractivity (Wildman–Crippen MR) is 126 cm³/mol. The zero-order chi connectivity index (χ0) is 22.1. The molecule has 0 radical (unpaired) electrons. The molecule has 2 aromatic heterocycles. The summed E-state index contributed by atoms with van der Waals surface area (Å²) in [6.45, 7) is 0.938. The van der Waals surface area contributed by atoms with Gasteiger partial charge in [0.15, 0.2) is 5.01 Å². The fraction of sp³-hybridized carbons (Fsp3) is 0.130. The van der Waals surface area contributed by atoms with Crippen molar-refractivity contribution in [1.82, 2.24) is 14.9 Å². The first-order chi connectivity index (χ1) is 15.6. The molecule has 0 saturated heterocycles. The van der Waals surface area contributed by atoms with Crippen LogP contribution in [0, 0.1) is 0 Å². The molecule has 1 aliphatic heterocycles. The minimum atomic E-state index is -0.303. The van der Waals surface area contributed by atoms with Gasteiger partial charge in [0.05, 0.1) is 29.3 Å². The van der Waals surface area contributed by atoms with Crippen molar-refractivity contribution in [3.8, 4) is 0 Å². The number of amides is 3. The smallest absolute Gasteiger partial charge is 0.322 e. The van der Waals surface area contributed by atoms with Crippen LogP contribution in [0.25, 0.3) is 10.8 Å². The summed E-state index contributed by atoms with van der Waals surface area (Å²) in [5, 5.41) is 8.07. The number of nitrogens with zero attached hydrogens (tertiary/aromatic N) is 3. The first-order valence-electron chi connectivity index (χ1n) is 10.1. The molecule has 1 aliphatic rings. The van der Waals surface area contributed by atoms with Crippen LogP contribution in [0.1, 0.15) is 20.4 Å². The Morgan fingerprint density at radius 3 is 2.75 bits per heavy atom. The molecule has 8 nitrogen and oxygen atoms in total. The summed E-state index contributed by atoms with van der Waals surface area (Å²) >= 11 is 1.30. The second-order valence-electron chi connectivity index (χ2n) is 7.43. The molecule has 2 aromatic carbocycles. The zero-order valence-electron chi connectivity index (χ0n) is 17.0. The Hall–Kier alpha value is -3.98. The van der Waals surface area contributed by atoms with Gasteiger partial charge in [-0.1, -0.05) is 24.3 Å². The number of fused-ring (bicyclic) bond motifs is 2. The Bertz CT molecular complexity index is 1330. The Labute approximate surface area is 188 Å². The van der Waals surface area contributed by atoms with E-state index in [4.69, 9.17) is 5.73 Å². The second-order valence-corrected chi connectivity index (χ2v) is 8.52. The van der Waals surface area contributed by atoms with Crippen LogP contribution in [0.5, 0.6) is 0 Å². The molecular weight excluding hydrogens is 424 g/mol. The number of hydrogen-bond donors (Lipinski definition) is 3. The number of hydrogen-bond acceptors (Lipinski definition) is 6. The first-order valence-corrected chi connectivity index (χ1v) is 10.9. The van der Waals surface area contributed by atoms with Gasteiger partial charge in [-0.3, -0.25) is 9.78 Å². The van der Waals surface area contributed by atoms with E-state index in [-0.39, 0.29) is 11.9 Å². The predicted octanol–water partition coefficient (Wildman–Crippen LogP) is 4.12. The van der Waals surface area contributed by atoms with E-state index >= 15 is 0 Å².